The number of amides is 1. The molecule has 0 aromatic heterocycles. The second-order valence-electron chi connectivity index (χ2n) is 7.44. The van der Waals surface area contributed by atoms with E-state index in [1.807, 2.05) is 23.1 Å². The van der Waals surface area contributed by atoms with Crippen molar-refractivity contribution in [2.75, 3.05) is 31.1 Å². The second kappa shape index (κ2) is 7.20. The number of hydrogen-bond donors (Lipinski definition) is 2. The fraction of sp³-hybridized carbons (Fsp3) is 0.611. The lowest BCUT2D eigenvalue weighted by atomic mass is 9.79. The highest BCUT2D eigenvalue weighted by molar-refractivity contribution is 5.83. The predicted octanol–water partition coefficient (Wildman–Crippen LogP) is 0.626. The molecule has 0 bridgehead atoms. The second-order valence-corrected chi connectivity index (χ2v) is 7.44. The summed E-state index contributed by atoms with van der Waals surface area (Å²) in [5, 5.41) is 11.2. The maximum Gasteiger partial charge on any atom is 0.241 e. The molecule has 0 spiro atoms. The molecule has 3 aliphatic rings. The number of hydrogen-bond acceptors (Lipinski definition) is 6. The maximum atomic E-state index is 13.0. The van der Waals surface area contributed by atoms with E-state index in [9.17, 15) is 14.9 Å². The summed E-state index contributed by atoms with van der Waals surface area (Å²) in [4.78, 5) is 28.2. The third-order valence-electron chi connectivity index (χ3n) is 6.00. The van der Waals surface area contributed by atoms with E-state index in [0.29, 0.717) is 25.9 Å². The molecule has 3 fully saturated rings. The van der Waals surface area contributed by atoms with E-state index >= 15 is 0 Å². The van der Waals surface area contributed by atoms with Gasteiger partial charge in [-0.15, -0.1) is 0 Å². The lowest BCUT2D eigenvalue weighted by Crippen LogP contribution is -2.55. The summed E-state index contributed by atoms with van der Waals surface area (Å²) in [6, 6.07) is 9.50. The van der Waals surface area contributed by atoms with Crippen LogP contribution in [0.5, 0.6) is 0 Å². The van der Waals surface area contributed by atoms with Gasteiger partial charge >= 0.3 is 0 Å². The van der Waals surface area contributed by atoms with Crippen LogP contribution in [-0.2, 0) is 4.79 Å². The molecule has 2 saturated heterocycles. The SMILES string of the molecule is O=C(C1NNC2CCC([N+](=O)[O-])CC21)N1CCN(c2ccccc2)CC1. The quantitative estimate of drug-likeness (QED) is 0.608. The maximum absolute atomic E-state index is 13.0. The zero-order chi connectivity index (χ0) is 18.1. The molecule has 1 aromatic rings. The topological polar surface area (TPSA) is 90.7 Å². The number of piperazine rings is 1. The Hall–Kier alpha value is -2.19. The van der Waals surface area contributed by atoms with Gasteiger partial charge in [0.05, 0.1) is 0 Å². The number of para-hydroxylation sites is 1. The summed E-state index contributed by atoms with van der Waals surface area (Å²) >= 11 is 0. The first kappa shape index (κ1) is 17.2. The fourth-order valence-corrected chi connectivity index (χ4v) is 4.49. The van der Waals surface area contributed by atoms with Crippen LogP contribution in [0.2, 0.25) is 0 Å². The molecule has 26 heavy (non-hydrogen) atoms. The van der Waals surface area contributed by atoms with Gasteiger partial charge in [-0.1, -0.05) is 18.2 Å². The highest BCUT2D eigenvalue weighted by Crippen LogP contribution is 2.32. The van der Waals surface area contributed by atoms with Crippen LogP contribution in [0.3, 0.4) is 0 Å². The highest BCUT2D eigenvalue weighted by Gasteiger charge is 2.47. The first-order valence-electron chi connectivity index (χ1n) is 9.37. The Labute approximate surface area is 152 Å². The summed E-state index contributed by atoms with van der Waals surface area (Å²) in [5.74, 6) is 0.0699. The van der Waals surface area contributed by atoms with Gasteiger partial charge in [-0.05, 0) is 18.6 Å². The van der Waals surface area contributed by atoms with Gasteiger partial charge in [-0.3, -0.25) is 20.3 Å². The van der Waals surface area contributed by atoms with Crippen LogP contribution < -0.4 is 15.8 Å². The molecule has 1 aliphatic carbocycles. The minimum atomic E-state index is -0.525. The zero-order valence-electron chi connectivity index (χ0n) is 14.7. The van der Waals surface area contributed by atoms with Crippen LogP contribution in [-0.4, -0.2) is 60.0 Å². The van der Waals surface area contributed by atoms with Crippen LogP contribution in [0.4, 0.5) is 5.69 Å². The van der Waals surface area contributed by atoms with Crippen LogP contribution in [0, 0.1) is 16.0 Å². The van der Waals surface area contributed by atoms with Crippen LogP contribution in [0.15, 0.2) is 30.3 Å². The Bertz CT molecular complexity index is 662. The third kappa shape index (κ3) is 3.26. The van der Waals surface area contributed by atoms with Crippen LogP contribution >= 0.6 is 0 Å². The molecule has 1 amide bonds. The molecule has 4 unspecified atom stereocenters. The normalized spacial score (nSPS) is 31.5. The minimum absolute atomic E-state index is 0.00111. The van der Waals surface area contributed by atoms with Crippen molar-refractivity contribution < 1.29 is 9.72 Å². The van der Waals surface area contributed by atoms with E-state index in [2.05, 4.69) is 27.9 Å². The lowest BCUT2D eigenvalue weighted by molar-refractivity contribution is -0.528. The number of anilines is 1. The lowest BCUT2D eigenvalue weighted by Gasteiger charge is -2.38. The average molecular weight is 359 g/mol. The van der Waals surface area contributed by atoms with Gasteiger partial charge in [0.25, 0.3) is 0 Å². The Morgan fingerprint density at radius 1 is 1.08 bits per heavy atom. The van der Waals surface area contributed by atoms with E-state index in [0.717, 1.165) is 19.5 Å². The Balaban J connectivity index is 1.37. The van der Waals surface area contributed by atoms with Crippen LogP contribution in [0.1, 0.15) is 19.3 Å². The summed E-state index contributed by atoms with van der Waals surface area (Å²) in [5.41, 5.74) is 7.49. The third-order valence-corrected chi connectivity index (χ3v) is 6.00. The summed E-state index contributed by atoms with van der Waals surface area (Å²) in [6.45, 7) is 2.98. The van der Waals surface area contributed by atoms with Crippen molar-refractivity contribution in [3.63, 3.8) is 0 Å². The molecule has 8 nitrogen and oxygen atoms in total. The number of fused-ring (bicyclic) bond motifs is 1. The van der Waals surface area contributed by atoms with Gasteiger partial charge in [-0.25, -0.2) is 5.43 Å². The largest absolute Gasteiger partial charge is 0.368 e. The molecule has 1 aromatic carbocycles. The number of nitro groups is 1. The summed E-state index contributed by atoms with van der Waals surface area (Å²) < 4.78 is 0. The number of benzene rings is 1. The van der Waals surface area contributed by atoms with Gasteiger partial charge in [0.2, 0.25) is 11.9 Å². The molecule has 0 radical (unpaired) electrons. The van der Waals surface area contributed by atoms with E-state index in [-0.39, 0.29) is 28.8 Å². The fourth-order valence-electron chi connectivity index (χ4n) is 4.49. The van der Waals surface area contributed by atoms with Gasteiger partial charge in [0.1, 0.15) is 6.04 Å². The molecule has 140 valence electrons. The Kier molecular flexibility index (Phi) is 4.78. The average Bonchev–Trinajstić information content (AvgIpc) is 3.11. The smallest absolute Gasteiger partial charge is 0.241 e. The number of carbonyl (C=O) groups excluding carboxylic acids is 1. The van der Waals surface area contributed by atoms with Crippen LogP contribution in [0.25, 0.3) is 0 Å². The van der Waals surface area contributed by atoms with Crippen molar-refractivity contribution in [3.05, 3.63) is 40.4 Å². The molecule has 2 N–H and O–H groups in total. The van der Waals surface area contributed by atoms with Crippen molar-refractivity contribution in [2.45, 2.75) is 37.4 Å². The Morgan fingerprint density at radius 3 is 2.50 bits per heavy atom. The van der Waals surface area contributed by atoms with Gasteiger partial charge in [-0.2, -0.15) is 0 Å². The number of nitrogens with zero attached hydrogens (tertiary/aromatic N) is 3. The number of hydrazine groups is 1. The summed E-state index contributed by atoms with van der Waals surface area (Å²) in [6.07, 6.45) is 1.80. The van der Waals surface area contributed by atoms with Crippen molar-refractivity contribution in [1.82, 2.24) is 15.8 Å². The number of carbonyl (C=O) groups is 1. The first-order chi connectivity index (χ1) is 12.6. The van der Waals surface area contributed by atoms with E-state index in [1.165, 1.54) is 5.69 Å². The van der Waals surface area contributed by atoms with Crippen molar-refractivity contribution in [2.24, 2.45) is 5.92 Å². The molecule has 2 heterocycles. The van der Waals surface area contributed by atoms with E-state index < -0.39 is 6.04 Å². The van der Waals surface area contributed by atoms with Gasteiger partial charge < -0.3 is 9.80 Å². The molecular formula is C18H25N5O3. The van der Waals surface area contributed by atoms with Gasteiger partial charge in [0, 0.05) is 61.6 Å². The van der Waals surface area contributed by atoms with Crippen molar-refractivity contribution >= 4 is 11.6 Å². The first-order valence-corrected chi connectivity index (χ1v) is 9.37. The zero-order valence-corrected chi connectivity index (χ0v) is 14.7. The predicted molar refractivity (Wildman–Crippen MR) is 97.2 cm³/mol. The molecule has 8 heteroatoms. The highest BCUT2D eigenvalue weighted by atomic mass is 16.6. The monoisotopic (exact) mass is 359 g/mol. The molecule has 2 aliphatic heterocycles. The number of rotatable bonds is 3. The standard InChI is InChI=1S/C18H25N5O3/c24-18(17-15-12-14(23(25)26)6-7-16(15)19-20-17)22-10-8-21(9-11-22)13-4-2-1-3-5-13/h1-5,14-17,19-20H,6-12H2. The van der Waals surface area contributed by atoms with Crippen molar-refractivity contribution in [1.29, 1.82) is 0 Å². The number of nitrogens with one attached hydrogen (secondary N) is 2. The summed E-state index contributed by atoms with van der Waals surface area (Å²) in [7, 11) is 0. The molecule has 1 saturated carbocycles. The van der Waals surface area contributed by atoms with E-state index in [1.54, 1.807) is 0 Å². The Morgan fingerprint density at radius 2 is 1.81 bits per heavy atom. The molecule has 4 rings (SSSR count). The van der Waals surface area contributed by atoms with Gasteiger partial charge in [0.15, 0.2) is 0 Å². The molecular weight excluding hydrogens is 334 g/mol. The van der Waals surface area contributed by atoms with E-state index in [4.69, 9.17) is 0 Å². The molecule has 4 atom stereocenters. The minimum Gasteiger partial charge on any atom is -0.368 e. The van der Waals surface area contributed by atoms with Crippen molar-refractivity contribution in [3.8, 4) is 0 Å².